The minimum absolute atomic E-state index is 0.464. The Morgan fingerprint density at radius 1 is 1.09 bits per heavy atom. The van der Waals surface area contributed by atoms with E-state index in [4.69, 9.17) is 20.3 Å². The van der Waals surface area contributed by atoms with Crippen molar-refractivity contribution < 1.29 is 28.4 Å². The molecule has 174 valence electrons. The number of rotatable bonds is 10. The third kappa shape index (κ3) is 7.78. The van der Waals surface area contributed by atoms with Crippen molar-refractivity contribution in [1.82, 2.24) is 4.98 Å². The number of pyridine rings is 1. The molecule has 1 aromatic heterocycles. The van der Waals surface area contributed by atoms with Crippen LogP contribution in [0.4, 0.5) is 5.69 Å². The summed E-state index contributed by atoms with van der Waals surface area (Å²) in [7, 11) is -4.72. The summed E-state index contributed by atoms with van der Waals surface area (Å²) in [5.74, 6) is -0.000304. The monoisotopic (exact) mass is 471 g/mol. The third-order valence-electron chi connectivity index (χ3n) is 4.77. The van der Waals surface area contributed by atoms with Crippen LogP contribution >= 0.6 is 7.82 Å². The Morgan fingerprint density at radius 2 is 1.79 bits per heavy atom. The number of nitrogens with zero attached hydrogens (tertiary/aromatic N) is 1. The number of carbonyl (C=O) groups is 1. The number of amides is 1. The predicted octanol–water partition coefficient (Wildman–Crippen LogP) is 3.14. The lowest BCUT2D eigenvalue weighted by Gasteiger charge is -2.23. The van der Waals surface area contributed by atoms with Crippen LogP contribution in [0, 0.1) is 0 Å². The number of carbonyl (C=O) groups excluding carboxylic acids is 1. The van der Waals surface area contributed by atoms with E-state index in [9.17, 15) is 9.36 Å². The highest BCUT2D eigenvalue weighted by Crippen LogP contribution is 2.36. The zero-order chi connectivity index (χ0) is 23.9. The maximum Gasteiger partial charge on any atom is 0.469 e. The molecule has 0 bridgehead atoms. The van der Waals surface area contributed by atoms with Crippen molar-refractivity contribution in [2.24, 2.45) is 5.73 Å². The van der Waals surface area contributed by atoms with E-state index in [2.05, 4.69) is 39.1 Å². The molecule has 10 heteroatoms. The average Bonchev–Trinajstić information content (AvgIpc) is 2.79. The highest BCUT2D eigenvalue weighted by Gasteiger charge is 2.32. The van der Waals surface area contributed by atoms with Crippen LogP contribution in [-0.4, -0.2) is 39.4 Å². The molecule has 0 radical (unpaired) electrons. The van der Waals surface area contributed by atoms with Crippen molar-refractivity contribution >= 4 is 19.4 Å². The fraction of sp³-hybridized carbons (Fsp3) is 0.217. The molecule has 0 unspecified atom stereocenters. The molecule has 1 heterocycles. The normalized spacial score (nSPS) is 13.2. The molecule has 1 atom stereocenters. The molecule has 0 spiro atoms. The molecule has 33 heavy (non-hydrogen) atoms. The number of aromatic nitrogens is 1. The van der Waals surface area contributed by atoms with Gasteiger partial charge < -0.3 is 25.6 Å². The van der Waals surface area contributed by atoms with Crippen LogP contribution in [0.5, 0.6) is 5.75 Å². The quantitative estimate of drug-likeness (QED) is 0.330. The van der Waals surface area contributed by atoms with Gasteiger partial charge >= 0.3 is 7.82 Å². The first kappa shape index (κ1) is 24.6. The van der Waals surface area contributed by atoms with Crippen molar-refractivity contribution in [1.29, 1.82) is 0 Å². The Morgan fingerprint density at radius 3 is 2.39 bits per heavy atom. The van der Waals surface area contributed by atoms with Crippen LogP contribution in [0.1, 0.15) is 12.5 Å². The van der Waals surface area contributed by atoms with Crippen LogP contribution < -0.4 is 15.8 Å². The van der Waals surface area contributed by atoms with Gasteiger partial charge in [0.15, 0.2) is 0 Å². The summed E-state index contributed by atoms with van der Waals surface area (Å²) in [6.45, 7) is 1.17. The molecule has 5 N–H and O–H groups in total. The van der Waals surface area contributed by atoms with Gasteiger partial charge in [0, 0.05) is 24.5 Å². The van der Waals surface area contributed by atoms with Crippen molar-refractivity contribution in [3.63, 3.8) is 0 Å². The topological polar surface area (TPSA) is 144 Å². The minimum Gasteiger partial charge on any atom is -0.493 e. The highest BCUT2D eigenvalue weighted by molar-refractivity contribution is 7.46. The summed E-state index contributed by atoms with van der Waals surface area (Å²) < 4.78 is 20.9. The van der Waals surface area contributed by atoms with Crippen molar-refractivity contribution in [3.8, 4) is 16.9 Å². The third-order valence-corrected chi connectivity index (χ3v) is 5.24. The first-order valence-corrected chi connectivity index (χ1v) is 11.7. The first-order chi connectivity index (χ1) is 15.6. The average molecular weight is 471 g/mol. The Bertz CT molecular complexity index is 1100. The molecular formula is C23H26N3O6P. The second-order valence-corrected chi connectivity index (χ2v) is 8.94. The predicted molar refractivity (Wildman–Crippen MR) is 125 cm³/mol. The van der Waals surface area contributed by atoms with Gasteiger partial charge in [-0.2, -0.15) is 0 Å². The Labute approximate surface area is 191 Å². The fourth-order valence-corrected chi connectivity index (χ4v) is 3.31. The van der Waals surface area contributed by atoms with Gasteiger partial charge in [0.05, 0.1) is 13.2 Å². The van der Waals surface area contributed by atoms with E-state index < -0.39 is 25.9 Å². The molecule has 0 saturated carbocycles. The van der Waals surface area contributed by atoms with E-state index in [0.29, 0.717) is 18.0 Å². The lowest BCUT2D eigenvalue weighted by atomic mass is 10.0. The molecule has 0 fully saturated rings. The molecule has 0 aliphatic heterocycles. The van der Waals surface area contributed by atoms with Crippen molar-refractivity contribution in [2.75, 3.05) is 18.5 Å². The second kappa shape index (κ2) is 10.7. The molecule has 0 saturated heterocycles. The largest absolute Gasteiger partial charge is 0.493 e. The Hall–Kier alpha value is -3.07. The molecule has 3 aromatic rings. The van der Waals surface area contributed by atoms with E-state index in [1.54, 1.807) is 30.5 Å². The number of hydrogen-bond acceptors (Lipinski definition) is 6. The summed E-state index contributed by atoms with van der Waals surface area (Å²) in [5, 5.41) is 2.59. The maximum absolute atomic E-state index is 12.3. The van der Waals surface area contributed by atoms with Gasteiger partial charge in [0.2, 0.25) is 5.91 Å². The van der Waals surface area contributed by atoms with Crippen LogP contribution in [0.2, 0.25) is 0 Å². The molecule has 2 aromatic carbocycles. The van der Waals surface area contributed by atoms with E-state index >= 15 is 0 Å². The van der Waals surface area contributed by atoms with Crippen LogP contribution in [0.15, 0.2) is 73.1 Å². The number of benzene rings is 2. The van der Waals surface area contributed by atoms with Crippen molar-refractivity contribution in [3.05, 3.63) is 78.6 Å². The maximum atomic E-state index is 12.3. The summed E-state index contributed by atoms with van der Waals surface area (Å²) in [4.78, 5) is 34.0. The van der Waals surface area contributed by atoms with E-state index in [-0.39, 0.29) is 0 Å². The smallest absolute Gasteiger partial charge is 0.469 e. The summed E-state index contributed by atoms with van der Waals surface area (Å²) >= 11 is 0. The lowest BCUT2D eigenvalue weighted by molar-refractivity contribution is -0.121. The molecule has 9 nitrogen and oxygen atoms in total. The van der Waals surface area contributed by atoms with Gasteiger partial charge in [-0.1, -0.05) is 30.3 Å². The minimum atomic E-state index is -4.72. The standard InChI is InChI=1S/C23H26N3O6P/c1-23(24,16-32-33(28,29)30)22(27)26-20-8-10-21(11-9-20)31-14-12-17-4-6-18(7-5-17)19-3-2-13-25-15-19/h2-11,13,15H,12,14,16,24H2,1H3,(H,26,27)(H2,28,29,30)/t23-/m0/s1. The van der Waals surface area contributed by atoms with Crippen LogP contribution in [0.3, 0.4) is 0 Å². The number of phosphoric ester groups is 1. The number of ether oxygens (including phenoxy) is 1. The van der Waals surface area contributed by atoms with E-state index in [1.165, 1.54) is 6.92 Å². The van der Waals surface area contributed by atoms with Gasteiger partial charge in [-0.3, -0.25) is 14.3 Å². The van der Waals surface area contributed by atoms with Crippen LogP contribution in [0.25, 0.3) is 11.1 Å². The number of nitrogens with one attached hydrogen (secondary N) is 1. The first-order valence-electron chi connectivity index (χ1n) is 10.1. The van der Waals surface area contributed by atoms with Crippen molar-refractivity contribution in [2.45, 2.75) is 18.9 Å². The summed E-state index contributed by atoms with van der Waals surface area (Å²) in [5.41, 5.74) is 7.96. The molecule has 1 amide bonds. The summed E-state index contributed by atoms with van der Waals surface area (Å²) in [6.07, 6.45) is 4.31. The summed E-state index contributed by atoms with van der Waals surface area (Å²) in [6, 6.07) is 18.9. The number of nitrogens with two attached hydrogens (primary N) is 1. The lowest BCUT2D eigenvalue weighted by Crippen LogP contribution is -2.52. The second-order valence-electron chi connectivity index (χ2n) is 7.70. The fourth-order valence-electron chi connectivity index (χ4n) is 2.88. The molecule has 3 rings (SSSR count). The zero-order valence-corrected chi connectivity index (χ0v) is 18.9. The zero-order valence-electron chi connectivity index (χ0n) is 18.0. The molecule has 0 aliphatic rings. The SMILES string of the molecule is C[C@](N)(COP(=O)(O)O)C(=O)Nc1ccc(OCCc2ccc(-c3cccnc3)cc2)cc1. The number of phosphoric acid groups is 1. The Balaban J connectivity index is 1.47. The van der Waals surface area contributed by atoms with Crippen LogP contribution in [-0.2, 0) is 20.3 Å². The van der Waals surface area contributed by atoms with E-state index in [1.807, 2.05) is 18.3 Å². The van der Waals surface area contributed by atoms with Gasteiger partial charge in [0.1, 0.15) is 11.3 Å². The highest BCUT2D eigenvalue weighted by atomic mass is 31.2. The van der Waals surface area contributed by atoms with E-state index in [0.717, 1.165) is 23.1 Å². The Kier molecular flexibility index (Phi) is 7.97. The number of anilines is 1. The van der Waals surface area contributed by atoms with Gasteiger partial charge in [0.25, 0.3) is 0 Å². The van der Waals surface area contributed by atoms with Gasteiger partial charge in [-0.25, -0.2) is 4.57 Å². The van der Waals surface area contributed by atoms with Gasteiger partial charge in [-0.15, -0.1) is 0 Å². The molecule has 0 aliphatic carbocycles. The molecular weight excluding hydrogens is 445 g/mol. The van der Waals surface area contributed by atoms with Gasteiger partial charge in [-0.05, 0) is 53.9 Å². The number of hydrogen-bond donors (Lipinski definition) is 4.